The quantitative estimate of drug-likeness (QED) is 0.0833. The molecule has 1 aliphatic rings. The van der Waals surface area contributed by atoms with Crippen molar-refractivity contribution in [3.63, 3.8) is 0 Å². The molecule has 0 bridgehead atoms. The molecule has 0 fully saturated rings. The molecule has 7 amide bonds. The fourth-order valence-corrected chi connectivity index (χ4v) is 5.57. The highest BCUT2D eigenvalue weighted by Gasteiger charge is 2.37. The SMILES string of the molecule is CC(C)[C@H](NC(=O)CCCCCN1C(=O)C=CC1=O)C(=O)N[C@@H](CCCNC(N)=O)C(=O)Nc1ccc(CO[Si](C)(C)C(C)(C)C)cc1. The van der Waals surface area contributed by atoms with E-state index in [9.17, 15) is 28.8 Å². The maximum atomic E-state index is 13.4. The maximum absolute atomic E-state index is 13.4. The first kappa shape index (κ1) is 40.1. The van der Waals surface area contributed by atoms with E-state index in [2.05, 4.69) is 55.1 Å². The van der Waals surface area contributed by atoms with Gasteiger partial charge in [-0.1, -0.05) is 53.2 Å². The van der Waals surface area contributed by atoms with Gasteiger partial charge in [0.05, 0.1) is 6.61 Å². The molecule has 6 N–H and O–H groups in total. The van der Waals surface area contributed by atoms with Crippen LogP contribution in [-0.2, 0) is 35.0 Å². The van der Waals surface area contributed by atoms with Gasteiger partial charge in [-0.15, -0.1) is 0 Å². The lowest BCUT2D eigenvalue weighted by molar-refractivity contribution is -0.137. The number of hydrogen-bond donors (Lipinski definition) is 5. The predicted molar refractivity (Wildman–Crippen MR) is 187 cm³/mol. The zero-order chi connectivity index (χ0) is 36.1. The molecule has 1 aromatic carbocycles. The minimum absolute atomic E-state index is 0.0863. The number of nitrogens with two attached hydrogens (primary N) is 1. The molecular formula is C34H54N6O7Si. The topological polar surface area (TPSA) is 189 Å². The molecular weight excluding hydrogens is 632 g/mol. The van der Waals surface area contributed by atoms with Crippen molar-refractivity contribution in [3.8, 4) is 0 Å². The second-order valence-corrected chi connectivity index (χ2v) is 18.8. The Morgan fingerprint density at radius 3 is 2.08 bits per heavy atom. The molecule has 0 spiro atoms. The van der Waals surface area contributed by atoms with Crippen molar-refractivity contribution in [2.45, 2.75) is 110 Å². The minimum Gasteiger partial charge on any atom is -0.413 e. The lowest BCUT2D eigenvalue weighted by Crippen LogP contribution is -2.54. The number of hydrogen-bond acceptors (Lipinski definition) is 7. The number of nitrogens with zero attached hydrogens (tertiary/aromatic N) is 1. The number of amides is 7. The van der Waals surface area contributed by atoms with Crippen LogP contribution in [0.15, 0.2) is 36.4 Å². The number of carbonyl (C=O) groups is 6. The normalized spacial score (nSPS) is 14.5. The lowest BCUT2D eigenvalue weighted by Gasteiger charge is -2.36. The van der Waals surface area contributed by atoms with Crippen molar-refractivity contribution in [1.82, 2.24) is 20.9 Å². The van der Waals surface area contributed by atoms with Crippen LogP contribution < -0.4 is 27.0 Å². The zero-order valence-corrected chi connectivity index (χ0v) is 30.4. The van der Waals surface area contributed by atoms with Gasteiger partial charge in [-0.2, -0.15) is 0 Å². The summed E-state index contributed by atoms with van der Waals surface area (Å²) in [6, 6.07) is 4.82. The van der Waals surface area contributed by atoms with Gasteiger partial charge >= 0.3 is 6.03 Å². The monoisotopic (exact) mass is 686 g/mol. The molecule has 0 aliphatic carbocycles. The summed E-state index contributed by atoms with van der Waals surface area (Å²) >= 11 is 0. The van der Waals surface area contributed by atoms with Gasteiger partial charge in [0.15, 0.2) is 8.32 Å². The molecule has 1 aromatic rings. The molecule has 0 radical (unpaired) electrons. The Labute approximate surface area is 285 Å². The number of urea groups is 1. The summed E-state index contributed by atoms with van der Waals surface area (Å²) in [4.78, 5) is 75.2. The number of benzene rings is 1. The Morgan fingerprint density at radius 1 is 0.896 bits per heavy atom. The van der Waals surface area contributed by atoms with Crippen molar-refractivity contribution < 1.29 is 33.2 Å². The van der Waals surface area contributed by atoms with Crippen LogP contribution in [-0.4, -0.2) is 74.0 Å². The van der Waals surface area contributed by atoms with Gasteiger partial charge in [0.25, 0.3) is 11.8 Å². The van der Waals surface area contributed by atoms with Crippen LogP contribution in [0.5, 0.6) is 0 Å². The summed E-state index contributed by atoms with van der Waals surface area (Å²) in [6.45, 7) is 15.5. The molecule has 13 nitrogen and oxygen atoms in total. The smallest absolute Gasteiger partial charge is 0.312 e. The minimum atomic E-state index is -1.92. The zero-order valence-electron chi connectivity index (χ0n) is 29.4. The fraction of sp³-hybridized carbons (Fsp3) is 0.588. The summed E-state index contributed by atoms with van der Waals surface area (Å²) in [6.07, 6.45) is 4.93. The molecule has 0 saturated carbocycles. The number of primary amides is 1. The fourth-order valence-electron chi connectivity index (χ4n) is 4.61. The molecule has 2 atom stereocenters. The van der Waals surface area contributed by atoms with Gasteiger partial charge < -0.3 is 31.4 Å². The highest BCUT2D eigenvalue weighted by Crippen LogP contribution is 2.37. The Bertz CT molecular complexity index is 1310. The van der Waals surface area contributed by atoms with E-state index < -0.39 is 38.2 Å². The van der Waals surface area contributed by atoms with Gasteiger partial charge in [-0.05, 0) is 67.4 Å². The summed E-state index contributed by atoms with van der Waals surface area (Å²) in [5, 5.41) is 11.0. The summed E-state index contributed by atoms with van der Waals surface area (Å²) < 4.78 is 6.29. The number of anilines is 1. The second kappa shape index (κ2) is 18.5. The van der Waals surface area contributed by atoms with Crippen molar-refractivity contribution in [1.29, 1.82) is 0 Å². The molecule has 14 heteroatoms. The molecule has 1 aliphatic heterocycles. The van der Waals surface area contributed by atoms with E-state index in [-0.39, 0.29) is 54.6 Å². The van der Waals surface area contributed by atoms with Gasteiger partial charge in [-0.3, -0.25) is 28.9 Å². The highest BCUT2D eigenvalue weighted by atomic mass is 28.4. The van der Waals surface area contributed by atoms with Crippen LogP contribution in [0.25, 0.3) is 0 Å². The van der Waals surface area contributed by atoms with Crippen molar-refractivity contribution in [2.75, 3.05) is 18.4 Å². The number of carbonyl (C=O) groups excluding carboxylic acids is 6. The van der Waals surface area contributed by atoms with Crippen molar-refractivity contribution in [2.24, 2.45) is 11.7 Å². The van der Waals surface area contributed by atoms with Gasteiger partial charge in [0.2, 0.25) is 17.7 Å². The number of nitrogens with one attached hydrogen (secondary N) is 4. The first-order valence-electron chi connectivity index (χ1n) is 16.6. The Hall–Kier alpha value is -4.04. The van der Waals surface area contributed by atoms with Crippen LogP contribution in [0.1, 0.15) is 78.7 Å². The van der Waals surface area contributed by atoms with E-state index in [1.807, 2.05) is 12.1 Å². The van der Waals surface area contributed by atoms with Crippen LogP contribution >= 0.6 is 0 Å². The van der Waals surface area contributed by atoms with E-state index in [0.717, 1.165) is 10.5 Å². The summed E-state index contributed by atoms with van der Waals surface area (Å²) in [7, 11) is -1.92. The van der Waals surface area contributed by atoms with E-state index in [1.54, 1.807) is 26.0 Å². The third-order valence-corrected chi connectivity index (χ3v) is 13.2. The van der Waals surface area contributed by atoms with E-state index in [1.165, 1.54) is 12.2 Å². The first-order valence-corrected chi connectivity index (χ1v) is 19.5. The Morgan fingerprint density at radius 2 is 1.52 bits per heavy atom. The molecule has 2 rings (SSSR count). The summed E-state index contributed by atoms with van der Waals surface area (Å²) in [5.74, 6) is -2.19. The van der Waals surface area contributed by atoms with Crippen molar-refractivity contribution >= 4 is 49.6 Å². The standard InChI is InChI=1S/C34H54N6O7Si/c1-23(2)30(39-27(41)13-9-8-10-21-40-28(42)18-19-29(40)43)32(45)38-26(12-11-20-36-33(35)46)31(44)37-25-16-14-24(15-17-25)22-47-48(6,7)34(3,4)5/h14-19,23,26,30H,8-13,20-22H2,1-7H3,(H,37,44)(H,38,45)(H,39,41)(H3,35,36,46)/t26-,30-/m0/s1. The van der Waals surface area contributed by atoms with E-state index in [4.69, 9.17) is 10.2 Å². The van der Waals surface area contributed by atoms with Crippen LogP contribution in [0.2, 0.25) is 18.1 Å². The molecule has 48 heavy (non-hydrogen) atoms. The van der Waals surface area contributed by atoms with Gasteiger partial charge in [0, 0.05) is 37.3 Å². The van der Waals surface area contributed by atoms with Crippen LogP contribution in [0, 0.1) is 5.92 Å². The largest absolute Gasteiger partial charge is 0.413 e. The lowest BCUT2D eigenvalue weighted by atomic mass is 10.0. The molecule has 0 unspecified atom stereocenters. The molecule has 0 saturated heterocycles. The molecule has 1 heterocycles. The Balaban J connectivity index is 1.97. The van der Waals surface area contributed by atoms with E-state index >= 15 is 0 Å². The van der Waals surface area contributed by atoms with Crippen LogP contribution in [0.3, 0.4) is 0 Å². The third-order valence-electron chi connectivity index (χ3n) is 8.68. The van der Waals surface area contributed by atoms with Crippen molar-refractivity contribution in [3.05, 3.63) is 42.0 Å². The van der Waals surface area contributed by atoms with Gasteiger partial charge in [-0.25, -0.2) is 4.79 Å². The molecule has 0 aromatic heterocycles. The Kier molecular flexibility index (Phi) is 15.5. The number of rotatable bonds is 19. The summed E-state index contributed by atoms with van der Waals surface area (Å²) in [5.41, 5.74) is 6.69. The average Bonchev–Trinajstić information content (AvgIpc) is 3.32. The third kappa shape index (κ3) is 13.2. The second-order valence-electron chi connectivity index (χ2n) is 14.0. The maximum Gasteiger partial charge on any atom is 0.312 e. The highest BCUT2D eigenvalue weighted by molar-refractivity contribution is 6.74. The van der Waals surface area contributed by atoms with E-state index in [0.29, 0.717) is 38.0 Å². The first-order chi connectivity index (χ1) is 22.4. The van der Waals surface area contributed by atoms with Gasteiger partial charge in [0.1, 0.15) is 12.1 Å². The number of imide groups is 1. The predicted octanol–water partition coefficient (Wildman–Crippen LogP) is 3.71. The number of unbranched alkanes of at least 4 members (excludes halogenated alkanes) is 2. The van der Waals surface area contributed by atoms with Crippen LogP contribution in [0.4, 0.5) is 10.5 Å². The average molecular weight is 687 g/mol. The molecule has 266 valence electrons.